The second kappa shape index (κ2) is 4.75. The van der Waals surface area contributed by atoms with Crippen LogP contribution in [-0.2, 0) is 11.2 Å². The molecule has 1 atom stereocenters. The van der Waals surface area contributed by atoms with Gasteiger partial charge in [-0.1, -0.05) is 6.07 Å². The van der Waals surface area contributed by atoms with Gasteiger partial charge in [-0.25, -0.2) is 0 Å². The lowest BCUT2D eigenvalue weighted by Crippen LogP contribution is -2.41. The van der Waals surface area contributed by atoms with Gasteiger partial charge in [0, 0.05) is 31.5 Å². The third kappa shape index (κ3) is 2.42. The van der Waals surface area contributed by atoms with E-state index in [1.54, 1.807) is 13.2 Å². The summed E-state index contributed by atoms with van der Waals surface area (Å²) < 4.78 is 5.19. The summed E-state index contributed by atoms with van der Waals surface area (Å²) in [5.74, 6) is 0.0578. The van der Waals surface area contributed by atoms with Gasteiger partial charge in [0.2, 0.25) is 0 Å². The molecule has 0 radical (unpaired) electrons. The topological polar surface area (TPSA) is 55.6 Å². The first-order valence-corrected chi connectivity index (χ1v) is 5.82. The minimum atomic E-state index is 0.0570. The molecule has 0 fully saturated rings. The Balaban J connectivity index is 2.20. The number of nitrogen functional groups attached to an aromatic ring is 1. The maximum Gasteiger partial charge on any atom is 0.254 e. The zero-order chi connectivity index (χ0) is 12.4. The number of carbonyl (C=O) groups is 1. The second-order valence-electron chi connectivity index (χ2n) is 4.46. The number of methoxy groups -OCH3 is 1. The predicted molar refractivity (Wildman–Crippen MR) is 66.9 cm³/mol. The third-order valence-corrected chi connectivity index (χ3v) is 3.18. The lowest BCUT2D eigenvalue weighted by Gasteiger charge is -2.30. The number of nitrogens with zero attached hydrogens (tertiary/aromatic N) is 1. The fourth-order valence-electron chi connectivity index (χ4n) is 2.10. The largest absolute Gasteiger partial charge is 0.399 e. The molecule has 1 aliphatic rings. The highest BCUT2D eigenvalue weighted by Gasteiger charge is 2.25. The van der Waals surface area contributed by atoms with E-state index in [1.165, 1.54) is 0 Å². The lowest BCUT2D eigenvalue weighted by molar-refractivity contribution is 0.0522. The van der Waals surface area contributed by atoms with Crippen molar-refractivity contribution in [3.63, 3.8) is 0 Å². The Bertz CT molecular complexity index is 431. The molecule has 0 saturated heterocycles. The summed E-state index contributed by atoms with van der Waals surface area (Å²) in [6.45, 7) is 3.34. The van der Waals surface area contributed by atoms with Crippen molar-refractivity contribution in [3.8, 4) is 0 Å². The van der Waals surface area contributed by atoms with E-state index in [9.17, 15) is 4.79 Å². The number of carbonyl (C=O) groups excluding carboxylic acids is 1. The molecule has 1 amide bonds. The standard InChI is InChI=1S/C13H18N2O2/c1-9(17-2)8-15-6-5-10-3-4-11(14)7-12(10)13(15)16/h3-4,7,9H,5-6,8,14H2,1-2H3. The molecule has 1 aliphatic heterocycles. The van der Waals surface area contributed by atoms with Crippen LogP contribution in [-0.4, -0.2) is 37.1 Å². The zero-order valence-electron chi connectivity index (χ0n) is 10.3. The molecule has 1 heterocycles. The van der Waals surface area contributed by atoms with Crippen LogP contribution >= 0.6 is 0 Å². The number of rotatable bonds is 3. The Morgan fingerprint density at radius 1 is 1.53 bits per heavy atom. The maximum atomic E-state index is 12.2. The first-order chi connectivity index (χ1) is 8.11. The van der Waals surface area contributed by atoms with Gasteiger partial charge in [-0.15, -0.1) is 0 Å². The molecular weight excluding hydrogens is 216 g/mol. The van der Waals surface area contributed by atoms with Gasteiger partial charge >= 0.3 is 0 Å². The first-order valence-electron chi connectivity index (χ1n) is 5.82. The zero-order valence-corrected chi connectivity index (χ0v) is 10.3. The number of anilines is 1. The number of hydrogen-bond donors (Lipinski definition) is 1. The molecule has 0 aromatic heterocycles. The molecule has 1 aromatic carbocycles. The molecular formula is C13H18N2O2. The van der Waals surface area contributed by atoms with E-state index in [2.05, 4.69) is 0 Å². The molecule has 0 spiro atoms. The van der Waals surface area contributed by atoms with Gasteiger partial charge in [-0.05, 0) is 31.0 Å². The van der Waals surface area contributed by atoms with Crippen molar-refractivity contribution in [1.29, 1.82) is 0 Å². The lowest BCUT2D eigenvalue weighted by atomic mass is 9.98. The van der Waals surface area contributed by atoms with Gasteiger partial charge in [0.15, 0.2) is 0 Å². The third-order valence-electron chi connectivity index (χ3n) is 3.18. The van der Waals surface area contributed by atoms with Gasteiger partial charge in [0.25, 0.3) is 5.91 Å². The summed E-state index contributed by atoms with van der Waals surface area (Å²) in [5, 5.41) is 0. The number of fused-ring (bicyclic) bond motifs is 1. The van der Waals surface area contributed by atoms with E-state index in [4.69, 9.17) is 10.5 Å². The molecule has 0 aliphatic carbocycles. The number of ether oxygens (including phenoxy) is 1. The number of nitrogens with two attached hydrogens (primary N) is 1. The van der Waals surface area contributed by atoms with E-state index < -0.39 is 0 Å². The predicted octanol–water partition coefficient (Wildman–Crippen LogP) is 1.30. The first kappa shape index (κ1) is 11.9. The molecule has 1 aromatic rings. The Labute approximate surface area is 101 Å². The van der Waals surface area contributed by atoms with Crippen LogP contribution in [0.5, 0.6) is 0 Å². The summed E-state index contributed by atoms with van der Waals surface area (Å²) >= 11 is 0. The van der Waals surface area contributed by atoms with Crippen LogP contribution in [0.1, 0.15) is 22.8 Å². The average Bonchev–Trinajstić information content (AvgIpc) is 2.33. The van der Waals surface area contributed by atoms with Crippen LogP contribution in [0.4, 0.5) is 5.69 Å². The van der Waals surface area contributed by atoms with Gasteiger partial charge in [-0.2, -0.15) is 0 Å². The number of hydrogen-bond acceptors (Lipinski definition) is 3. The van der Waals surface area contributed by atoms with E-state index in [-0.39, 0.29) is 12.0 Å². The maximum absolute atomic E-state index is 12.2. The smallest absolute Gasteiger partial charge is 0.254 e. The molecule has 17 heavy (non-hydrogen) atoms. The molecule has 2 N–H and O–H groups in total. The quantitative estimate of drug-likeness (QED) is 0.802. The van der Waals surface area contributed by atoms with Crippen LogP contribution < -0.4 is 5.73 Å². The Morgan fingerprint density at radius 3 is 3.00 bits per heavy atom. The van der Waals surface area contributed by atoms with E-state index >= 15 is 0 Å². The molecule has 4 nitrogen and oxygen atoms in total. The van der Waals surface area contributed by atoms with Crippen molar-refractivity contribution in [2.75, 3.05) is 25.9 Å². The van der Waals surface area contributed by atoms with Crippen LogP contribution in [0.2, 0.25) is 0 Å². The Kier molecular flexibility index (Phi) is 3.33. The average molecular weight is 234 g/mol. The van der Waals surface area contributed by atoms with Gasteiger partial charge in [0.05, 0.1) is 6.10 Å². The SMILES string of the molecule is COC(C)CN1CCc2ccc(N)cc2C1=O. The summed E-state index contributed by atoms with van der Waals surface area (Å²) in [6.07, 6.45) is 0.944. The summed E-state index contributed by atoms with van der Waals surface area (Å²) in [6, 6.07) is 5.56. The molecule has 0 bridgehead atoms. The molecule has 0 saturated carbocycles. The second-order valence-corrected chi connectivity index (χ2v) is 4.46. The van der Waals surface area contributed by atoms with Crippen molar-refractivity contribution in [1.82, 2.24) is 4.90 Å². The van der Waals surface area contributed by atoms with Crippen molar-refractivity contribution in [2.24, 2.45) is 0 Å². The fourth-order valence-corrected chi connectivity index (χ4v) is 2.10. The van der Waals surface area contributed by atoms with E-state index in [0.717, 1.165) is 24.1 Å². The van der Waals surface area contributed by atoms with Gasteiger partial charge in [0.1, 0.15) is 0 Å². The Morgan fingerprint density at radius 2 is 2.29 bits per heavy atom. The molecule has 1 unspecified atom stereocenters. The fraction of sp³-hybridized carbons (Fsp3) is 0.462. The minimum absolute atomic E-state index is 0.0570. The van der Waals surface area contributed by atoms with Crippen LogP contribution in [0, 0.1) is 0 Å². The Hall–Kier alpha value is -1.55. The summed E-state index contributed by atoms with van der Waals surface area (Å²) in [4.78, 5) is 14.1. The number of amides is 1. The number of benzene rings is 1. The molecule has 92 valence electrons. The van der Waals surface area contributed by atoms with Crippen molar-refractivity contribution < 1.29 is 9.53 Å². The monoisotopic (exact) mass is 234 g/mol. The minimum Gasteiger partial charge on any atom is -0.399 e. The highest BCUT2D eigenvalue weighted by atomic mass is 16.5. The van der Waals surface area contributed by atoms with Crippen LogP contribution in [0.3, 0.4) is 0 Å². The highest BCUT2D eigenvalue weighted by Crippen LogP contribution is 2.21. The summed E-state index contributed by atoms with van der Waals surface area (Å²) in [5.41, 5.74) is 8.18. The molecule has 4 heteroatoms. The van der Waals surface area contributed by atoms with Crippen molar-refractivity contribution in [3.05, 3.63) is 29.3 Å². The van der Waals surface area contributed by atoms with E-state index in [1.807, 2.05) is 24.0 Å². The van der Waals surface area contributed by atoms with Crippen LogP contribution in [0.25, 0.3) is 0 Å². The summed E-state index contributed by atoms with van der Waals surface area (Å²) in [7, 11) is 1.66. The van der Waals surface area contributed by atoms with E-state index in [0.29, 0.717) is 12.2 Å². The molecule has 2 rings (SSSR count). The highest BCUT2D eigenvalue weighted by molar-refractivity contribution is 5.97. The van der Waals surface area contributed by atoms with Crippen molar-refractivity contribution in [2.45, 2.75) is 19.4 Å². The van der Waals surface area contributed by atoms with Gasteiger partial charge < -0.3 is 15.4 Å². The van der Waals surface area contributed by atoms with Crippen molar-refractivity contribution >= 4 is 11.6 Å². The normalized spacial score (nSPS) is 16.8. The van der Waals surface area contributed by atoms with Gasteiger partial charge in [-0.3, -0.25) is 4.79 Å². The van der Waals surface area contributed by atoms with Crippen LogP contribution in [0.15, 0.2) is 18.2 Å².